The van der Waals surface area contributed by atoms with Crippen LogP contribution in [0.25, 0.3) is 5.69 Å². The molecule has 0 aliphatic carbocycles. The van der Waals surface area contributed by atoms with E-state index in [1.165, 1.54) is 12.1 Å². The van der Waals surface area contributed by atoms with Crippen LogP contribution < -0.4 is 5.32 Å². The van der Waals surface area contributed by atoms with Gasteiger partial charge in [-0.15, -0.1) is 0 Å². The predicted octanol–water partition coefficient (Wildman–Crippen LogP) is 3.49. The molecule has 1 aliphatic heterocycles. The van der Waals surface area contributed by atoms with Crippen LogP contribution in [-0.4, -0.2) is 15.5 Å². The van der Waals surface area contributed by atoms with Crippen LogP contribution in [-0.2, 0) is 4.79 Å². The van der Waals surface area contributed by atoms with Gasteiger partial charge in [-0.05, 0) is 29.8 Å². The van der Waals surface area contributed by atoms with Crippen LogP contribution in [0.5, 0.6) is 0 Å². The average molecular weight is 307 g/mol. The summed E-state index contributed by atoms with van der Waals surface area (Å²) < 4.78 is 15.0. The van der Waals surface area contributed by atoms with Crippen LogP contribution in [0.15, 0.2) is 60.9 Å². The molecule has 0 saturated carbocycles. The van der Waals surface area contributed by atoms with Gasteiger partial charge in [0.05, 0.1) is 5.69 Å². The smallest absolute Gasteiger partial charge is 0.226 e. The Balaban J connectivity index is 1.81. The second-order valence-corrected chi connectivity index (χ2v) is 5.54. The van der Waals surface area contributed by atoms with Crippen LogP contribution in [0.4, 0.5) is 10.2 Å². The summed E-state index contributed by atoms with van der Waals surface area (Å²) in [6, 6.07) is 16.0. The summed E-state index contributed by atoms with van der Waals surface area (Å²) in [6.07, 6.45) is 2.02. The van der Waals surface area contributed by atoms with Crippen molar-refractivity contribution in [2.45, 2.75) is 12.3 Å². The molecule has 0 saturated heterocycles. The highest BCUT2D eigenvalue weighted by atomic mass is 19.1. The zero-order valence-corrected chi connectivity index (χ0v) is 12.2. The molecule has 1 N–H and O–H groups in total. The Morgan fingerprint density at radius 2 is 1.83 bits per heavy atom. The SMILES string of the molecule is O=C1C[C@@H](c2ccc(F)cc2)c2ncn(-c3ccccc3)c2N1. The minimum Gasteiger partial charge on any atom is -0.310 e. The first kappa shape index (κ1) is 13.7. The molecule has 114 valence electrons. The lowest BCUT2D eigenvalue weighted by atomic mass is 9.90. The summed E-state index contributed by atoms with van der Waals surface area (Å²) >= 11 is 0. The van der Waals surface area contributed by atoms with Crippen LogP contribution in [0, 0.1) is 5.82 Å². The van der Waals surface area contributed by atoms with E-state index in [9.17, 15) is 9.18 Å². The van der Waals surface area contributed by atoms with Crippen molar-refractivity contribution < 1.29 is 9.18 Å². The highest BCUT2D eigenvalue weighted by Gasteiger charge is 2.30. The number of carbonyl (C=O) groups excluding carboxylic acids is 1. The number of nitrogens with one attached hydrogen (secondary N) is 1. The van der Waals surface area contributed by atoms with Crippen molar-refractivity contribution in [1.29, 1.82) is 0 Å². The van der Waals surface area contributed by atoms with Crippen molar-refractivity contribution >= 4 is 11.7 Å². The summed E-state index contributed by atoms with van der Waals surface area (Å²) in [5.41, 5.74) is 2.63. The number of rotatable bonds is 2. The van der Waals surface area contributed by atoms with Gasteiger partial charge in [-0.25, -0.2) is 9.37 Å². The van der Waals surface area contributed by atoms with E-state index in [4.69, 9.17) is 0 Å². The van der Waals surface area contributed by atoms with Crippen LogP contribution in [0.3, 0.4) is 0 Å². The number of aromatic nitrogens is 2. The minimum atomic E-state index is -0.288. The number of para-hydroxylation sites is 1. The molecule has 0 spiro atoms. The molecule has 1 aromatic heterocycles. The molecule has 0 radical (unpaired) electrons. The number of anilines is 1. The Hall–Kier alpha value is -2.95. The van der Waals surface area contributed by atoms with Crippen LogP contribution in [0.2, 0.25) is 0 Å². The quantitative estimate of drug-likeness (QED) is 0.788. The maximum absolute atomic E-state index is 13.2. The van der Waals surface area contributed by atoms with Crippen molar-refractivity contribution in [3.63, 3.8) is 0 Å². The van der Waals surface area contributed by atoms with Gasteiger partial charge in [0, 0.05) is 18.0 Å². The second kappa shape index (κ2) is 5.35. The highest BCUT2D eigenvalue weighted by Crippen LogP contribution is 2.37. The summed E-state index contributed by atoms with van der Waals surface area (Å²) in [4.78, 5) is 16.6. The maximum atomic E-state index is 13.2. The summed E-state index contributed by atoms with van der Waals surface area (Å²) in [5, 5.41) is 2.91. The molecule has 1 atom stereocenters. The molecule has 5 heteroatoms. The van der Waals surface area contributed by atoms with E-state index in [-0.39, 0.29) is 17.6 Å². The lowest BCUT2D eigenvalue weighted by Gasteiger charge is -2.23. The normalized spacial score (nSPS) is 16.7. The zero-order chi connectivity index (χ0) is 15.8. The Bertz CT molecular complexity index is 856. The topological polar surface area (TPSA) is 46.9 Å². The number of imidazole rings is 1. The molecular formula is C18H14FN3O. The standard InChI is InChI=1S/C18H14FN3O/c19-13-8-6-12(7-9-13)15-10-16(23)21-18-17(15)20-11-22(18)14-4-2-1-3-5-14/h1-9,11,15H,10H2,(H,21,23)/t15-/m0/s1. The lowest BCUT2D eigenvalue weighted by molar-refractivity contribution is -0.116. The first-order valence-corrected chi connectivity index (χ1v) is 7.40. The van der Waals surface area contributed by atoms with E-state index in [1.807, 2.05) is 34.9 Å². The monoisotopic (exact) mass is 307 g/mol. The largest absolute Gasteiger partial charge is 0.310 e. The van der Waals surface area contributed by atoms with Gasteiger partial charge < -0.3 is 5.32 Å². The molecule has 1 aliphatic rings. The summed E-state index contributed by atoms with van der Waals surface area (Å²) in [6.45, 7) is 0. The van der Waals surface area contributed by atoms with Crippen molar-refractivity contribution in [2.24, 2.45) is 0 Å². The van der Waals surface area contributed by atoms with E-state index in [1.54, 1.807) is 18.5 Å². The number of hydrogen-bond acceptors (Lipinski definition) is 2. The number of nitrogens with zero attached hydrogens (tertiary/aromatic N) is 2. The van der Waals surface area contributed by atoms with E-state index < -0.39 is 0 Å². The molecule has 4 nitrogen and oxygen atoms in total. The van der Waals surface area contributed by atoms with Gasteiger partial charge in [-0.2, -0.15) is 0 Å². The molecule has 0 unspecified atom stereocenters. The maximum Gasteiger partial charge on any atom is 0.226 e. The Kier molecular flexibility index (Phi) is 3.19. The molecule has 0 bridgehead atoms. The average Bonchev–Trinajstić information content (AvgIpc) is 2.99. The molecule has 1 amide bonds. The minimum absolute atomic E-state index is 0.0653. The lowest BCUT2D eigenvalue weighted by Crippen LogP contribution is -2.24. The fraction of sp³-hybridized carbons (Fsp3) is 0.111. The van der Waals surface area contributed by atoms with Gasteiger partial charge >= 0.3 is 0 Å². The molecule has 4 rings (SSSR count). The Morgan fingerprint density at radius 3 is 2.57 bits per heavy atom. The third kappa shape index (κ3) is 2.40. The fourth-order valence-electron chi connectivity index (χ4n) is 2.96. The van der Waals surface area contributed by atoms with Crippen LogP contribution in [0.1, 0.15) is 23.6 Å². The van der Waals surface area contributed by atoms with Gasteiger partial charge in [-0.1, -0.05) is 30.3 Å². The molecular weight excluding hydrogens is 293 g/mol. The predicted molar refractivity (Wildman–Crippen MR) is 85.1 cm³/mol. The van der Waals surface area contributed by atoms with E-state index in [2.05, 4.69) is 10.3 Å². The van der Waals surface area contributed by atoms with Crippen LogP contribution >= 0.6 is 0 Å². The number of benzene rings is 2. The highest BCUT2D eigenvalue weighted by molar-refractivity contribution is 5.94. The van der Waals surface area contributed by atoms with Gasteiger partial charge in [0.2, 0.25) is 5.91 Å². The molecule has 3 aromatic rings. The molecule has 0 fully saturated rings. The van der Waals surface area contributed by atoms with Crippen molar-refractivity contribution in [1.82, 2.24) is 9.55 Å². The van der Waals surface area contributed by atoms with Crippen molar-refractivity contribution in [3.8, 4) is 5.69 Å². The van der Waals surface area contributed by atoms with Gasteiger partial charge in [0.25, 0.3) is 0 Å². The van der Waals surface area contributed by atoms with Gasteiger partial charge in [0.1, 0.15) is 18.0 Å². The third-order valence-corrected chi connectivity index (χ3v) is 4.08. The zero-order valence-electron chi connectivity index (χ0n) is 12.2. The molecule has 2 heterocycles. The number of hydrogen-bond donors (Lipinski definition) is 1. The van der Waals surface area contributed by atoms with Crippen molar-refractivity contribution in [3.05, 3.63) is 78.0 Å². The van der Waals surface area contributed by atoms with E-state index >= 15 is 0 Å². The fourth-order valence-corrected chi connectivity index (χ4v) is 2.96. The van der Waals surface area contributed by atoms with Gasteiger partial charge in [-0.3, -0.25) is 9.36 Å². The third-order valence-electron chi connectivity index (χ3n) is 4.08. The Morgan fingerprint density at radius 1 is 1.09 bits per heavy atom. The first-order valence-electron chi connectivity index (χ1n) is 7.40. The number of fused-ring (bicyclic) bond motifs is 1. The summed E-state index contributed by atoms with van der Waals surface area (Å²) in [7, 11) is 0. The van der Waals surface area contributed by atoms with Crippen molar-refractivity contribution in [2.75, 3.05) is 5.32 Å². The molecule has 2 aromatic carbocycles. The Labute approximate surface area is 132 Å². The van der Waals surface area contributed by atoms with Gasteiger partial charge in [0.15, 0.2) is 0 Å². The molecule has 23 heavy (non-hydrogen) atoms. The second-order valence-electron chi connectivity index (χ2n) is 5.54. The van der Waals surface area contributed by atoms with E-state index in [0.717, 1.165) is 16.9 Å². The number of halogens is 1. The first-order chi connectivity index (χ1) is 11.2. The summed E-state index contributed by atoms with van der Waals surface area (Å²) in [5.74, 6) is 0.166. The number of carbonyl (C=O) groups is 1. The number of amides is 1. The van der Waals surface area contributed by atoms with E-state index in [0.29, 0.717) is 12.2 Å².